The number of anilines is 1. The van der Waals surface area contributed by atoms with Gasteiger partial charge in [-0.25, -0.2) is 8.42 Å². The Balaban J connectivity index is 1.91. The van der Waals surface area contributed by atoms with Gasteiger partial charge in [-0.15, -0.1) is 0 Å². The molecule has 2 amide bonds. The summed E-state index contributed by atoms with van der Waals surface area (Å²) in [6.45, 7) is 5.24. The van der Waals surface area contributed by atoms with Crippen molar-refractivity contribution in [2.75, 3.05) is 24.2 Å². The Morgan fingerprint density at radius 2 is 1.65 bits per heavy atom. The number of methoxy groups -OCH3 is 1. The monoisotopic (exact) mass is 529 g/mol. The SMILES string of the molecule is COc1ccc(C)cc1N(CC(=O)N(Cc1ccc(C)cc1)[C@H](C)C(=O)NC1CCCCC1)S(C)(=O)=O. The maximum atomic E-state index is 13.8. The zero-order chi connectivity index (χ0) is 27.2. The molecule has 2 aromatic carbocycles. The Hall–Kier alpha value is -3.07. The van der Waals surface area contributed by atoms with Crippen molar-refractivity contribution in [3.05, 3.63) is 59.2 Å². The molecule has 2 aromatic rings. The van der Waals surface area contributed by atoms with Crippen LogP contribution >= 0.6 is 0 Å². The highest BCUT2D eigenvalue weighted by molar-refractivity contribution is 7.92. The van der Waals surface area contributed by atoms with Crippen molar-refractivity contribution in [1.29, 1.82) is 0 Å². The molecule has 1 fully saturated rings. The number of nitrogens with one attached hydrogen (secondary N) is 1. The van der Waals surface area contributed by atoms with Crippen molar-refractivity contribution in [3.8, 4) is 5.75 Å². The molecular weight excluding hydrogens is 490 g/mol. The van der Waals surface area contributed by atoms with Gasteiger partial charge in [0.15, 0.2) is 0 Å². The lowest BCUT2D eigenvalue weighted by molar-refractivity contribution is -0.139. The number of hydrogen-bond acceptors (Lipinski definition) is 5. The van der Waals surface area contributed by atoms with Crippen LogP contribution in [0.5, 0.6) is 5.75 Å². The van der Waals surface area contributed by atoms with E-state index in [2.05, 4.69) is 5.32 Å². The average molecular weight is 530 g/mol. The van der Waals surface area contributed by atoms with Crippen molar-refractivity contribution in [1.82, 2.24) is 10.2 Å². The topological polar surface area (TPSA) is 96.0 Å². The number of rotatable bonds is 10. The Labute approximate surface area is 221 Å². The van der Waals surface area contributed by atoms with E-state index in [1.807, 2.05) is 44.2 Å². The number of benzene rings is 2. The molecule has 8 nitrogen and oxygen atoms in total. The first-order valence-corrected chi connectivity index (χ1v) is 14.6. The number of carbonyl (C=O) groups excluding carboxylic acids is 2. The molecular formula is C28H39N3O5S. The molecule has 1 saturated carbocycles. The lowest BCUT2D eigenvalue weighted by atomic mass is 9.95. The molecule has 0 spiro atoms. The van der Waals surface area contributed by atoms with Crippen molar-refractivity contribution < 1.29 is 22.7 Å². The van der Waals surface area contributed by atoms with Crippen LogP contribution in [-0.2, 0) is 26.2 Å². The van der Waals surface area contributed by atoms with E-state index in [1.54, 1.807) is 19.1 Å². The van der Waals surface area contributed by atoms with E-state index in [-0.39, 0.29) is 24.2 Å². The molecule has 0 unspecified atom stereocenters. The normalized spacial score (nSPS) is 15.1. The minimum Gasteiger partial charge on any atom is -0.495 e. The molecule has 1 aliphatic rings. The molecule has 0 aliphatic heterocycles. The standard InChI is InChI=1S/C28H39N3O5S/c1-20-11-14-23(15-12-20)18-30(22(3)28(33)29-24-9-7-6-8-10-24)27(32)19-31(37(5,34)35)25-17-21(2)13-16-26(25)36-4/h11-17,22,24H,6-10,18-19H2,1-5H3,(H,29,33)/t22-/m1/s1. The largest absolute Gasteiger partial charge is 0.495 e. The summed E-state index contributed by atoms with van der Waals surface area (Å²) in [4.78, 5) is 28.5. The second-order valence-corrected chi connectivity index (χ2v) is 11.9. The molecule has 202 valence electrons. The third kappa shape index (κ3) is 7.71. The molecule has 0 aromatic heterocycles. The van der Waals surface area contributed by atoms with E-state index in [1.165, 1.54) is 18.4 Å². The van der Waals surface area contributed by atoms with Gasteiger partial charge in [-0.1, -0.05) is 55.2 Å². The van der Waals surface area contributed by atoms with Crippen LogP contribution < -0.4 is 14.4 Å². The fourth-order valence-electron chi connectivity index (χ4n) is 4.63. The number of nitrogens with zero attached hydrogens (tertiary/aromatic N) is 2. The smallest absolute Gasteiger partial charge is 0.244 e. The van der Waals surface area contributed by atoms with Crippen molar-refractivity contribution in [3.63, 3.8) is 0 Å². The Morgan fingerprint density at radius 1 is 1.03 bits per heavy atom. The van der Waals surface area contributed by atoms with Gasteiger partial charge in [0.25, 0.3) is 0 Å². The van der Waals surface area contributed by atoms with Gasteiger partial charge in [0.05, 0.1) is 19.1 Å². The van der Waals surface area contributed by atoms with E-state index in [0.29, 0.717) is 5.75 Å². The number of carbonyl (C=O) groups is 2. The summed E-state index contributed by atoms with van der Waals surface area (Å²) in [5.41, 5.74) is 3.05. The van der Waals surface area contributed by atoms with Crippen LogP contribution in [0.4, 0.5) is 5.69 Å². The lowest BCUT2D eigenvalue weighted by Crippen LogP contribution is -2.53. The zero-order valence-electron chi connectivity index (χ0n) is 22.5. The molecule has 0 radical (unpaired) electrons. The maximum Gasteiger partial charge on any atom is 0.244 e. The van der Waals surface area contributed by atoms with Gasteiger partial charge in [-0.3, -0.25) is 13.9 Å². The van der Waals surface area contributed by atoms with Crippen LogP contribution in [0, 0.1) is 13.8 Å². The second-order valence-electron chi connectivity index (χ2n) is 9.97. The van der Waals surface area contributed by atoms with Crippen molar-refractivity contribution >= 4 is 27.5 Å². The van der Waals surface area contributed by atoms with Gasteiger partial charge >= 0.3 is 0 Å². The maximum absolute atomic E-state index is 13.8. The summed E-state index contributed by atoms with van der Waals surface area (Å²) in [5, 5.41) is 3.11. The van der Waals surface area contributed by atoms with E-state index < -0.39 is 28.5 Å². The quantitative estimate of drug-likeness (QED) is 0.503. The highest BCUT2D eigenvalue weighted by Gasteiger charge is 2.32. The van der Waals surface area contributed by atoms with Crippen molar-refractivity contribution in [2.45, 2.75) is 71.5 Å². The third-order valence-corrected chi connectivity index (χ3v) is 8.00. The van der Waals surface area contributed by atoms with E-state index in [4.69, 9.17) is 4.74 Å². The van der Waals surface area contributed by atoms with E-state index >= 15 is 0 Å². The van der Waals surface area contributed by atoms with Gasteiger partial charge in [0, 0.05) is 12.6 Å². The van der Waals surface area contributed by atoms with E-state index in [9.17, 15) is 18.0 Å². The van der Waals surface area contributed by atoms with Crippen LogP contribution in [-0.4, -0.2) is 57.1 Å². The van der Waals surface area contributed by atoms with Crippen LogP contribution in [0.25, 0.3) is 0 Å². The lowest BCUT2D eigenvalue weighted by Gasteiger charge is -2.33. The predicted octanol–water partition coefficient (Wildman–Crippen LogP) is 3.94. The third-order valence-electron chi connectivity index (χ3n) is 6.87. The van der Waals surface area contributed by atoms with E-state index in [0.717, 1.165) is 52.9 Å². The van der Waals surface area contributed by atoms with Gasteiger partial charge in [0.1, 0.15) is 18.3 Å². The molecule has 3 rings (SSSR count). The highest BCUT2D eigenvalue weighted by atomic mass is 32.2. The molecule has 0 bridgehead atoms. The first kappa shape index (κ1) is 28.5. The molecule has 0 heterocycles. The Kier molecular flexibility index (Phi) is 9.59. The molecule has 0 saturated heterocycles. The van der Waals surface area contributed by atoms with Gasteiger partial charge in [-0.2, -0.15) is 0 Å². The van der Waals surface area contributed by atoms with Gasteiger partial charge in [0.2, 0.25) is 21.8 Å². The predicted molar refractivity (Wildman–Crippen MR) is 146 cm³/mol. The summed E-state index contributed by atoms with van der Waals surface area (Å²) in [5.74, 6) is -0.357. The molecule has 1 aliphatic carbocycles. The average Bonchev–Trinajstić information content (AvgIpc) is 2.86. The van der Waals surface area contributed by atoms with Crippen LogP contribution in [0.1, 0.15) is 55.7 Å². The summed E-state index contributed by atoms with van der Waals surface area (Å²) in [6.07, 6.45) is 6.24. The Morgan fingerprint density at radius 3 is 2.24 bits per heavy atom. The summed E-state index contributed by atoms with van der Waals surface area (Å²) in [6, 6.07) is 12.2. The number of aryl methyl sites for hydroxylation is 2. The van der Waals surface area contributed by atoms with Crippen molar-refractivity contribution in [2.24, 2.45) is 0 Å². The Bertz CT molecular complexity index is 1190. The molecule has 9 heteroatoms. The zero-order valence-corrected chi connectivity index (χ0v) is 23.3. The number of hydrogen-bond donors (Lipinski definition) is 1. The van der Waals surface area contributed by atoms with Crippen LogP contribution in [0.15, 0.2) is 42.5 Å². The fraction of sp³-hybridized carbons (Fsp3) is 0.500. The minimum atomic E-state index is -3.84. The number of amides is 2. The molecule has 1 atom stereocenters. The van der Waals surface area contributed by atoms with Gasteiger partial charge in [-0.05, 0) is 56.9 Å². The molecule has 37 heavy (non-hydrogen) atoms. The number of ether oxygens (including phenoxy) is 1. The number of sulfonamides is 1. The first-order chi connectivity index (χ1) is 17.5. The van der Waals surface area contributed by atoms with Crippen LogP contribution in [0.2, 0.25) is 0 Å². The summed E-state index contributed by atoms with van der Waals surface area (Å²) >= 11 is 0. The molecule has 1 N–H and O–H groups in total. The highest BCUT2D eigenvalue weighted by Crippen LogP contribution is 2.31. The minimum absolute atomic E-state index is 0.101. The van der Waals surface area contributed by atoms with Gasteiger partial charge < -0.3 is 15.0 Å². The second kappa shape index (κ2) is 12.4. The first-order valence-electron chi connectivity index (χ1n) is 12.8. The summed E-state index contributed by atoms with van der Waals surface area (Å²) in [7, 11) is -2.38. The summed E-state index contributed by atoms with van der Waals surface area (Å²) < 4.78 is 32.2. The fourth-order valence-corrected chi connectivity index (χ4v) is 5.48. The van der Waals surface area contributed by atoms with Crippen LogP contribution in [0.3, 0.4) is 0 Å².